The van der Waals surface area contributed by atoms with Crippen molar-refractivity contribution >= 4 is 23.1 Å². The second-order valence-electron chi connectivity index (χ2n) is 5.92. The largest absolute Gasteiger partial charge is 0.330 e. The normalized spacial score (nSPS) is 22.6. The second kappa shape index (κ2) is 5.66. The molecule has 2 aromatic rings. The van der Waals surface area contributed by atoms with E-state index in [9.17, 15) is 0 Å². The fraction of sp³-hybridized carbons (Fsp3) is 0.643. The Morgan fingerprint density at radius 3 is 3.10 bits per heavy atom. The Kier molecular flexibility index (Phi) is 3.69. The van der Waals surface area contributed by atoms with Crippen LogP contribution in [0.25, 0.3) is 0 Å². The number of likely N-dealkylation sites (tertiary alicyclic amines) is 1. The van der Waals surface area contributed by atoms with Gasteiger partial charge in [-0.25, -0.2) is 4.98 Å². The first-order valence-electron chi connectivity index (χ1n) is 7.55. The molecular weight excluding hydrogens is 306 g/mol. The molecule has 3 heterocycles. The van der Waals surface area contributed by atoms with E-state index in [0.29, 0.717) is 6.04 Å². The van der Waals surface area contributed by atoms with E-state index >= 15 is 0 Å². The van der Waals surface area contributed by atoms with Gasteiger partial charge in [0.15, 0.2) is 0 Å². The molecule has 1 unspecified atom stereocenters. The van der Waals surface area contributed by atoms with Crippen molar-refractivity contribution in [2.45, 2.75) is 44.7 Å². The third-order valence-corrected chi connectivity index (χ3v) is 5.57. The summed E-state index contributed by atoms with van der Waals surface area (Å²) in [6.07, 6.45) is 8.16. The van der Waals surface area contributed by atoms with Gasteiger partial charge in [-0.05, 0) is 32.1 Å². The van der Waals surface area contributed by atoms with Crippen LogP contribution in [0, 0.1) is 0 Å². The molecule has 0 N–H and O–H groups in total. The molecule has 5 nitrogen and oxygen atoms in total. The molecule has 2 aromatic heterocycles. The highest BCUT2D eigenvalue weighted by atomic mass is 35.5. The van der Waals surface area contributed by atoms with Crippen molar-refractivity contribution in [3.05, 3.63) is 27.7 Å². The maximum Gasteiger partial charge on any atom is 0.138 e. The molecule has 2 aliphatic rings. The number of rotatable bonds is 3. The molecule has 0 saturated carbocycles. The van der Waals surface area contributed by atoms with Gasteiger partial charge >= 0.3 is 0 Å². The van der Waals surface area contributed by atoms with Crippen molar-refractivity contribution in [1.29, 1.82) is 0 Å². The molecule has 0 radical (unpaired) electrons. The van der Waals surface area contributed by atoms with E-state index in [2.05, 4.69) is 30.4 Å². The third kappa shape index (κ3) is 2.60. The lowest BCUT2D eigenvalue weighted by Crippen LogP contribution is -2.22. The van der Waals surface area contributed by atoms with E-state index in [4.69, 9.17) is 11.6 Å². The van der Waals surface area contributed by atoms with Crippen molar-refractivity contribution in [3.63, 3.8) is 0 Å². The fourth-order valence-electron chi connectivity index (χ4n) is 3.49. The number of imidazole rings is 1. The smallest absolute Gasteiger partial charge is 0.138 e. The summed E-state index contributed by atoms with van der Waals surface area (Å²) in [7, 11) is 0. The summed E-state index contributed by atoms with van der Waals surface area (Å²) in [6.45, 7) is 2.95. The monoisotopic (exact) mass is 323 g/mol. The second-order valence-corrected chi connectivity index (χ2v) is 7.28. The molecule has 7 heteroatoms. The van der Waals surface area contributed by atoms with Crippen LogP contribution in [-0.4, -0.2) is 37.1 Å². The van der Waals surface area contributed by atoms with E-state index in [0.717, 1.165) is 36.1 Å². The molecular formula is C14H18ClN5S. The standard InChI is InChI=1S/C14H18ClN5S/c15-14-12(17-18-21-14)8-19-6-5-10(7-19)20-9-16-11-3-1-2-4-13(11)20/h9-10H,1-8H2. The predicted molar refractivity (Wildman–Crippen MR) is 82.7 cm³/mol. The van der Waals surface area contributed by atoms with Crippen LogP contribution in [-0.2, 0) is 19.4 Å². The van der Waals surface area contributed by atoms with Crippen LogP contribution in [0.1, 0.15) is 42.4 Å². The van der Waals surface area contributed by atoms with Crippen molar-refractivity contribution in [2.24, 2.45) is 0 Å². The molecule has 0 amide bonds. The van der Waals surface area contributed by atoms with Crippen molar-refractivity contribution in [2.75, 3.05) is 13.1 Å². The SMILES string of the molecule is Clc1snnc1CN1CCC(n2cnc3c2CCCC3)C1. The number of hydrogen-bond acceptors (Lipinski definition) is 5. The quantitative estimate of drug-likeness (QED) is 0.871. The molecule has 1 saturated heterocycles. The van der Waals surface area contributed by atoms with E-state index in [1.807, 2.05) is 0 Å². The van der Waals surface area contributed by atoms with Gasteiger partial charge in [-0.2, -0.15) is 0 Å². The Balaban J connectivity index is 1.47. The summed E-state index contributed by atoms with van der Waals surface area (Å²) in [5.41, 5.74) is 3.71. The molecule has 21 heavy (non-hydrogen) atoms. The molecule has 0 spiro atoms. The number of aryl methyl sites for hydroxylation is 1. The summed E-state index contributed by atoms with van der Waals surface area (Å²) in [4.78, 5) is 7.04. The highest BCUT2D eigenvalue weighted by Crippen LogP contribution is 2.29. The minimum absolute atomic E-state index is 0.546. The number of aromatic nitrogens is 4. The predicted octanol–water partition coefficient (Wildman–Crippen LogP) is 2.71. The van der Waals surface area contributed by atoms with E-state index < -0.39 is 0 Å². The Morgan fingerprint density at radius 2 is 2.24 bits per heavy atom. The van der Waals surface area contributed by atoms with Crippen molar-refractivity contribution in [1.82, 2.24) is 24.0 Å². The van der Waals surface area contributed by atoms with Gasteiger partial charge in [0.25, 0.3) is 0 Å². The number of halogens is 1. The first-order valence-corrected chi connectivity index (χ1v) is 8.70. The minimum Gasteiger partial charge on any atom is -0.330 e. The zero-order valence-electron chi connectivity index (χ0n) is 11.8. The molecule has 0 aromatic carbocycles. The van der Waals surface area contributed by atoms with Crippen LogP contribution in [0.2, 0.25) is 4.34 Å². The average molecular weight is 324 g/mol. The lowest BCUT2D eigenvalue weighted by molar-refractivity contribution is 0.311. The van der Waals surface area contributed by atoms with E-state index in [1.54, 1.807) is 0 Å². The van der Waals surface area contributed by atoms with Crippen LogP contribution in [0.5, 0.6) is 0 Å². The highest BCUT2D eigenvalue weighted by Gasteiger charge is 2.28. The molecule has 1 fully saturated rings. The minimum atomic E-state index is 0.546. The summed E-state index contributed by atoms with van der Waals surface area (Å²) >= 11 is 7.37. The topological polar surface area (TPSA) is 46.8 Å². The Morgan fingerprint density at radius 1 is 1.33 bits per heavy atom. The Hall–Kier alpha value is -0.980. The maximum absolute atomic E-state index is 6.10. The van der Waals surface area contributed by atoms with E-state index in [1.165, 1.54) is 48.6 Å². The van der Waals surface area contributed by atoms with Gasteiger partial charge in [-0.15, -0.1) is 5.10 Å². The molecule has 1 aliphatic carbocycles. The van der Waals surface area contributed by atoms with Crippen LogP contribution >= 0.6 is 23.1 Å². The summed E-state index contributed by atoms with van der Waals surface area (Å²) in [5, 5.41) is 4.11. The van der Waals surface area contributed by atoms with Gasteiger partial charge in [0.05, 0.1) is 12.0 Å². The zero-order valence-corrected chi connectivity index (χ0v) is 13.4. The summed E-state index contributed by atoms with van der Waals surface area (Å²) in [5.74, 6) is 0. The van der Waals surface area contributed by atoms with Gasteiger partial charge < -0.3 is 4.57 Å². The Labute approximate surface area is 133 Å². The first-order chi connectivity index (χ1) is 10.3. The van der Waals surface area contributed by atoms with Crippen molar-refractivity contribution < 1.29 is 0 Å². The van der Waals surface area contributed by atoms with Crippen LogP contribution < -0.4 is 0 Å². The van der Waals surface area contributed by atoms with Gasteiger partial charge in [0.1, 0.15) is 10.0 Å². The van der Waals surface area contributed by atoms with Crippen LogP contribution in [0.15, 0.2) is 6.33 Å². The summed E-state index contributed by atoms with van der Waals surface area (Å²) in [6, 6.07) is 0.546. The van der Waals surface area contributed by atoms with Gasteiger partial charge in [0, 0.05) is 42.9 Å². The lowest BCUT2D eigenvalue weighted by atomic mass is 10.0. The molecule has 1 aliphatic heterocycles. The number of fused-ring (bicyclic) bond motifs is 1. The Bertz CT molecular complexity index is 637. The van der Waals surface area contributed by atoms with Crippen LogP contribution in [0.4, 0.5) is 0 Å². The molecule has 112 valence electrons. The third-order valence-electron chi connectivity index (χ3n) is 4.58. The van der Waals surface area contributed by atoms with Gasteiger partial charge in [-0.3, -0.25) is 4.90 Å². The molecule has 1 atom stereocenters. The van der Waals surface area contributed by atoms with Gasteiger partial charge in [-0.1, -0.05) is 16.1 Å². The number of nitrogens with zero attached hydrogens (tertiary/aromatic N) is 5. The van der Waals surface area contributed by atoms with Gasteiger partial charge in [0.2, 0.25) is 0 Å². The molecule has 4 rings (SSSR count). The zero-order chi connectivity index (χ0) is 14.2. The highest BCUT2D eigenvalue weighted by molar-refractivity contribution is 7.10. The number of hydrogen-bond donors (Lipinski definition) is 0. The first kappa shape index (κ1) is 13.7. The average Bonchev–Trinajstić information content (AvgIpc) is 3.20. The maximum atomic E-state index is 6.10. The molecule has 0 bridgehead atoms. The fourth-order valence-corrected chi connectivity index (χ4v) is 4.10. The summed E-state index contributed by atoms with van der Waals surface area (Å²) < 4.78 is 7.05. The lowest BCUT2D eigenvalue weighted by Gasteiger charge is -2.19. The van der Waals surface area contributed by atoms with Crippen molar-refractivity contribution in [3.8, 4) is 0 Å². The van der Waals surface area contributed by atoms with E-state index in [-0.39, 0.29) is 0 Å². The van der Waals surface area contributed by atoms with Crippen LogP contribution in [0.3, 0.4) is 0 Å².